The summed E-state index contributed by atoms with van der Waals surface area (Å²) < 4.78 is 37.8. The van der Waals surface area contributed by atoms with Crippen LogP contribution >= 0.6 is 0 Å². The lowest BCUT2D eigenvalue weighted by Crippen LogP contribution is -2.40. The molecule has 2 aliphatic heterocycles. The van der Waals surface area contributed by atoms with Crippen LogP contribution in [0.4, 0.5) is 14.5 Å². The number of hydrogen-bond donors (Lipinski definition) is 2. The quantitative estimate of drug-likeness (QED) is 0.787. The molecule has 1 saturated carbocycles. The highest BCUT2D eigenvalue weighted by molar-refractivity contribution is 5.97. The third-order valence-corrected chi connectivity index (χ3v) is 5.98. The van der Waals surface area contributed by atoms with Crippen LogP contribution in [-0.2, 0) is 4.79 Å². The van der Waals surface area contributed by atoms with E-state index < -0.39 is 34.0 Å². The summed E-state index contributed by atoms with van der Waals surface area (Å²) in [6.07, 6.45) is 3.19. The number of ether oxygens (including phenoxy) is 1. The van der Waals surface area contributed by atoms with E-state index in [0.29, 0.717) is 6.42 Å². The number of carbonyl (C=O) groups excluding carboxylic acids is 1. The fourth-order valence-corrected chi connectivity index (χ4v) is 4.60. The first-order valence-corrected chi connectivity index (χ1v) is 9.77. The monoisotopic (exact) mass is 419 g/mol. The number of aromatic nitrogens is 1. The maximum atomic E-state index is 15.2. The van der Waals surface area contributed by atoms with Gasteiger partial charge in [0.25, 0.3) is 0 Å². The summed E-state index contributed by atoms with van der Waals surface area (Å²) in [5.41, 5.74) is -1.67. The van der Waals surface area contributed by atoms with Crippen molar-refractivity contribution >= 4 is 28.5 Å². The second kappa shape index (κ2) is 6.41. The van der Waals surface area contributed by atoms with Crippen LogP contribution in [0.1, 0.15) is 42.6 Å². The van der Waals surface area contributed by atoms with Gasteiger partial charge in [-0.05, 0) is 19.3 Å². The van der Waals surface area contributed by atoms with Crippen LogP contribution in [0.5, 0.6) is 5.75 Å². The number of pyridine rings is 1. The van der Waals surface area contributed by atoms with Crippen molar-refractivity contribution in [1.29, 1.82) is 0 Å². The van der Waals surface area contributed by atoms with Crippen LogP contribution in [0.2, 0.25) is 0 Å². The molecule has 2 aromatic rings. The summed E-state index contributed by atoms with van der Waals surface area (Å²) in [7, 11) is 0. The number of carboxylic acids is 1. The zero-order valence-electron chi connectivity index (χ0n) is 16.1. The molecule has 158 valence electrons. The molecule has 3 heterocycles. The van der Waals surface area contributed by atoms with Gasteiger partial charge in [-0.25, -0.2) is 13.6 Å². The van der Waals surface area contributed by atoms with Crippen LogP contribution < -0.4 is 20.4 Å². The first-order chi connectivity index (χ1) is 14.3. The van der Waals surface area contributed by atoms with Crippen LogP contribution in [0.3, 0.4) is 0 Å². The largest absolute Gasteiger partial charge is 0.487 e. The smallest absolute Gasteiger partial charge is 0.341 e. The van der Waals surface area contributed by atoms with Gasteiger partial charge >= 0.3 is 5.97 Å². The molecule has 1 aliphatic carbocycles. The van der Waals surface area contributed by atoms with Crippen molar-refractivity contribution in [2.45, 2.75) is 44.3 Å². The molecule has 0 unspecified atom stereocenters. The van der Waals surface area contributed by atoms with E-state index in [1.54, 1.807) is 4.90 Å². The summed E-state index contributed by atoms with van der Waals surface area (Å²) >= 11 is 0. The van der Waals surface area contributed by atoms with Crippen LogP contribution in [0.15, 0.2) is 11.0 Å². The standard InChI is InChI=1S/C20H19F2N3O5/c1-8(26)23-9-4-11-7-30-19-16-13(14(21)15(22)17(19)24(11)5-9)18(27)12(20(28)29)6-25(16)10-2-3-10/h6,9-11H,2-5,7H2,1H3,(H,23,26)(H,28,29)/t9-,11-/m0/s1. The molecule has 1 aromatic heterocycles. The van der Waals surface area contributed by atoms with E-state index in [-0.39, 0.29) is 54.1 Å². The number of nitrogens with zero attached hydrogens (tertiary/aromatic N) is 2. The van der Waals surface area contributed by atoms with Gasteiger partial charge in [0, 0.05) is 31.7 Å². The maximum Gasteiger partial charge on any atom is 0.341 e. The van der Waals surface area contributed by atoms with Crippen LogP contribution in [0, 0.1) is 11.6 Å². The highest BCUT2D eigenvalue weighted by Gasteiger charge is 2.42. The molecule has 30 heavy (non-hydrogen) atoms. The molecule has 2 fully saturated rings. The number of carbonyl (C=O) groups is 2. The molecule has 1 aromatic carbocycles. The average molecular weight is 419 g/mol. The molecule has 1 saturated heterocycles. The molecule has 2 N–H and O–H groups in total. The highest BCUT2D eigenvalue weighted by Crippen LogP contribution is 2.48. The maximum absolute atomic E-state index is 15.2. The minimum Gasteiger partial charge on any atom is -0.487 e. The number of rotatable bonds is 3. The van der Waals surface area contributed by atoms with Crippen molar-refractivity contribution in [2.24, 2.45) is 0 Å². The summed E-state index contributed by atoms with van der Waals surface area (Å²) in [5.74, 6) is -4.28. The van der Waals surface area contributed by atoms with Gasteiger partial charge in [0.2, 0.25) is 11.3 Å². The van der Waals surface area contributed by atoms with Crippen molar-refractivity contribution in [3.8, 4) is 5.75 Å². The normalized spacial score (nSPS) is 22.4. The van der Waals surface area contributed by atoms with Crippen molar-refractivity contribution in [2.75, 3.05) is 18.1 Å². The second-order valence-corrected chi connectivity index (χ2v) is 8.10. The molecule has 10 heteroatoms. The number of fused-ring (bicyclic) bond motifs is 5. The van der Waals surface area contributed by atoms with Gasteiger partial charge in [-0.3, -0.25) is 9.59 Å². The highest BCUT2D eigenvalue weighted by atomic mass is 19.2. The van der Waals surface area contributed by atoms with Crippen molar-refractivity contribution < 1.29 is 28.2 Å². The summed E-state index contributed by atoms with van der Waals surface area (Å²) in [5, 5.41) is 11.6. The van der Waals surface area contributed by atoms with Crippen LogP contribution in [0.25, 0.3) is 10.9 Å². The Bertz CT molecular complexity index is 1170. The third kappa shape index (κ3) is 2.66. The van der Waals surface area contributed by atoms with E-state index in [4.69, 9.17) is 4.74 Å². The summed E-state index contributed by atoms with van der Waals surface area (Å²) in [6, 6.07) is -0.590. The Morgan fingerprint density at radius 2 is 1.97 bits per heavy atom. The number of aromatic carboxylic acids is 1. The van der Waals surface area contributed by atoms with Gasteiger partial charge < -0.3 is 24.6 Å². The molecule has 8 nitrogen and oxygen atoms in total. The third-order valence-electron chi connectivity index (χ3n) is 5.98. The van der Waals surface area contributed by atoms with E-state index in [1.165, 1.54) is 17.7 Å². The van der Waals surface area contributed by atoms with E-state index in [1.807, 2.05) is 0 Å². The van der Waals surface area contributed by atoms with Gasteiger partial charge in [0.05, 0.1) is 11.4 Å². The van der Waals surface area contributed by atoms with Crippen molar-refractivity contribution in [3.63, 3.8) is 0 Å². The van der Waals surface area contributed by atoms with Gasteiger partial charge in [0.1, 0.15) is 23.4 Å². The minimum atomic E-state index is -1.49. The Morgan fingerprint density at radius 3 is 2.60 bits per heavy atom. The second-order valence-electron chi connectivity index (χ2n) is 8.10. The number of amides is 1. The predicted molar refractivity (Wildman–Crippen MR) is 102 cm³/mol. The molecule has 0 bridgehead atoms. The SMILES string of the molecule is CC(=O)N[C@H]1C[C@H]2COc3c(c(F)c(F)c4c(=O)c(C(=O)O)cn(C5CC5)c34)N2C1. The summed E-state index contributed by atoms with van der Waals surface area (Å²) in [4.78, 5) is 37.3. The Kier molecular flexibility index (Phi) is 4.03. The zero-order chi connectivity index (χ0) is 21.3. The first-order valence-electron chi connectivity index (χ1n) is 9.77. The van der Waals surface area contributed by atoms with Gasteiger partial charge in [-0.15, -0.1) is 0 Å². The fraction of sp³-hybridized carbons (Fsp3) is 0.450. The lowest BCUT2D eigenvalue weighted by Gasteiger charge is -2.34. The Balaban J connectivity index is 1.77. The number of carboxylic acid groups (broad SMARTS) is 1. The Hall–Kier alpha value is -3.17. The molecule has 3 aliphatic rings. The lowest BCUT2D eigenvalue weighted by atomic mass is 10.1. The predicted octanol–water partition coefficient (Wildman–Crippen LogP) is 1.79. The van der Waals surface area contributed by atoms with Crippen LogP contribution in [-0.4, -0.2) is 46.8 Å². The topological polar surface area (TPSA) is 101 Å². The molecule has 5 rings (SSSR count). The average Bonchev–Trinajstić information content (AvgIpc) is 3.44. The van der Waals surface area contributed by atoms with Crippen molar-refractivity contribution in [3.05, 3.63) is 33.6 Å². The number of halogens is 2. The molecule has 1 amide bonds. The zero-order valence-corrected chi connectivity index (χ0v) is 16.1. The molecular weight excluding hydrogens is 400 g/mol. The number of anilines is 1. The van der Waals surface area contributed by atoms with Gasteiger partial charge in [-0.1, -0.05) is 0 Å². The number of nitrogens with one attached hydrogen (secondary N) is 1. The molecule has 0 spiro atoms. The number of benzene rings is 1. The van der Waals surface area contributed by atoms with E-state index in [9.17, 15) is 19.5 Å². The molecule has 2 atom stereocenters. The molecule has 0 radical (unpaired) electrons. The fourth-order valence-electron chi connectivity index (χ4n) is 4.60. The Morgan fingerprint density at radius 1 is 1.23 bits per heavy atom. The van der Waals surface area contributed by atoms with E-state index in [2.05, 4.69) is 5.32 Å². The minimum absolute atomic E-state index is 0.0459. The van der Waals surface area contributed by atoms with E-state index in [0.717, 1.165) is 12.8 Å². The van der Waals surface area contributed by atoms with E-state index >= 15 is 8.78 Å². The number of hydrogen-bond acceptors (Lipinski definition) is 5. The van der Waals surface area contributed by atoms with Gasteiger partial charge in [0.15, 0.2) is 17.4 Å². The Labute approximate surface area is 169 Å². The van der Waals surface area contributed by atoms with Crippen molar-refractivity contribution in [1.82, 2.24) is 9.88 Å². The van der Waals surface area contributed by atoms with Gasteiger partial charge in [-0.2, -0.15) is 0 Å². The summed E-state index contributed by atoms with van der Waals surface area (Å²) in [6.45, 7) is 1.86. The first kappa shape index (κ1) is 18.8. The lowest BCUT2D eigenvalue weighted by molar-refractivity contribution is -0.119. The molecular formula is C20H19F2N3O5.